The Hall–Kier alpha value is -1.06. The van der Waals surface area contributed by atoms with Gasteiger partial charge in [0.1, 0.15) is 0 Å². The number of hydrazine groups is 1. The standard InChI is InChI=1S/C14H19ClN2O/c1-10-4-3-5-11(2)17(10)16-14(18)12-6-8-13(15)9-7-12/h6-11H,3-5H2,1-2H3,(H,16,18)/t10-,11-/m1/s1. The Morgan fingerprint density at radius 3 is 2.33 bits per heavy atom. The summed E-state index contributed by atoms with van der Waals surface area (Å²) in [6.07, 6.45) is 3.49. The fraction of sp³-hybridized carbons (Fsp3) is 0.500. The molecule has 1 fully saturated rings. The van der Waals surface area contributed by atoms with Gasteiger partial charge in [-0.05, 0) is 51.0 Å². The zero-order valence-electron chi connectivity index (χ0n) is 10.8. The van der Waals surface area contributed by atoms with Crippen molar-refractivity contribution in [3.63, 3.8) is 0 Å². The van der Waals surface area contributed by atoms with Crippen molar-refractivity contribution < 1.29 is 4.79 Å². The van der Waals surface area contributed by atoms with Crippen LogP contribution in [-0.4, -0.2) is 23.0 Å². The first kappa shape index (κ1) is 13.4. The zero-order chi connectivity index (χ0) is 13.1. The summed E-state index contributed by atoms with van der Waals surface area (Å²) in [5.74, 6) is -0.0627. The smallest absolute Gasteiger partial charge is 0.265 e. The predicted molar refractivity (Wildman–Crippen MR) is 73.5 cm³/mol. The molecule has 1 N–H and O–H groups in total. The van der Waals surface area contributed by atoms with Crippen molar-refractivity contribution in [3.05, 3.63) is 34.9 Å². The zero-order valence-corrected chi connectivity index (χ0v) is 11.6. The Labute approximate surface area is 113 Å². The number of rotatable bonds is 2. The fourth-order valence-electron chi connectivity index (χ4n) is 2.42. The summed E-state index contributed by atoms with van der Waals surface area (Å²) in [4.78, 5) is 12.1. The van der Waals surface area contributed by atoms with Gasteiger partial charge < -0.3 is 0 Å². The van der Waals surface area contributed by atoms with Crippen LogP contribution in [0.4, 0.5) is 0 Å². The van der Waals surface area contributed by atoms with Crippen molar-refractivity contribution in [3.8, 4) is 0 Å². The number of hydrogen-bond donors (Lipinski definition) is 1. The molecule has 0 aromatic heterocycles. The van der Waals surface area contributed by atoms with Crippen LogP contribution < -0.4 is 5.43 Å². The molecule has 2 rings (SSSR count). The van der Waals surface area contributed by atoms with Crippen LogP contribution in [0, 0.1) is 0 Å². The van der Waals surface area contributed by atoms with Crippen molar-refractivity contribution in [1.82, 2.24) is 10.4 Å². The Morgan fingerprint density at radius 1 is 1.22 bits per heavy atom. The van der Waals surface area contributed by atoms with E-state index in [4.69, 9.17) is 11.6 Å². The average Bonchev–Trinajstić information content (AvgIpc) is 2.34. The number of hydrogen-bond acceptors (Lipinski definition) is 2. The van der Waals surface area contributed by atoms with Crippen LogP contribution in [0.5, 0.6) is 0 Å². The normalized spacial score (nSPS) is 24.8. The molecule has 18 heavy (non-hydrogen) atoms. The minimum atomic E-state index is -0.0627. The van der Waals surface area contributed by atoms with Gasteiger partial charge in [-0.25, -0.2) is 5.01 Å². The highest BCUT2D eigenvalue weighted by atomic mass is 35.5. The van der Waals surface area contributed by atoms with Crippen LogP contribution in [0.2, 0.25) is 5.02 Å². The Balaban J connectivity index is 2.04. The van der Waals surface area contributed by atoms with E-state index in [1.807, 2.05) is 0 Å². The highest BCUT2D eigenvalue weighted by Crippen LogP contribution is 2.20. The van der Waals surface area contributed by atoms with Crippen molar-refractivity contribution >= 4 is 17.5 Å². The lowest BCUT2D eigenvalue weighted by Crippen LogP contribution is -2.54. The molecule has 1 aromatic carbocycles. The Bertz CT molecular complexity index is 408. The molecule has 0 radical (unpaired) electrons. The number of nitrogens with one attached hydrogen (secondary N) is 1. The van der Waals surface area contributed by atoms with Crippen LogP contribution >= 0.6 is 11.6 Å². The number of piperidine rings is 1. The molecule has 1 amide bonds. The van der Waals surface area contributed by atoms with E-state index in [0.29, 0.717) is 22.7 Å². The van der Waals surface area contributed by atoms with Crippen molar-refractivity contribution in [2.45, 2.75) is 45.2 Å². The van der Waals surface area contributed by atoms with Crippen molar-refractivity contribution in [1.29, 1.82) is 0 Å². The fourth-order valence-corrected chi connectivity index (χ4v) is 2.55. The average molecular weight is 267 g/mol. The Kier molecular flexibility index (Phi) is 4.25. The maximum absolute atomic E-state index is 12.1. The van der Waals surface area contributed by atoms with E-state index >= 15 is 0 Å². The van der Waals surface area contributed by atoms with Crippen LogP contribution in [-0.2, 0) is 0 Å². The molecule has 1 saturated heterocycles. The molecule has 1 aliphatic rings. The van der Waals surface area contributed by atoms with Crippen LogP contribution in [0.1, 0.15) is 43.5 Å². The van der Waals surface area contributed by atoms with Gasteiger partial charge in [-0.3, -0.25) is 10.2 Å². The minimum absolute atomic E-state index is 0.0627. The van der Waals surface area contributed by atoms with Gasteiger partial charge in [-0.1, -0.05) is 18.0 Å². The van der Waals surface area contributed by atoms with E-state index in [-0.39, 0.29) is 5.91 Å². The Morgan fingerprint density at radius 2 is 1.78 bits per heavy atom. The van der Waals surface area contributed by atoms with Crippen molar-refractivity contribution in [2.75, 3.05) is 0 Å². The number of nitrogens with zero attached hydrogens (tertiary/aromatic N) is 1. The summed E-state index contributed by atoms with van der Waals surface area (Å²) >= 11 is 5.81. The van der Waals surface area contributed by atoms with Crippen LogP contribution in [0.3, 0.4) is 0 Å². The minimum Gasteiger partial charge on any atom is -0.284 e. The lowest BCUT2D eigenvalue weighted by molar-refractivity contribution is 0.0370. The monoisotopic (exact) mass is 266 g/mol. The SMILES string of the molecule is C[C@@H]1CCC[C@@H](C)N1NC(=O)c1ccc(Cl)cc1. The number of carbonyl (C=O) groups excluding carboxylic acids is 1. The molecule has 1 aliphatic heterocycles. The third kappa shape index (κ3) is 3.03. The number of halogens is 1. The summed E-state index contributed by atoms with van der Waals surface area (Å²) in [7, 11) is 0. The molecule has 0 spiro atoms. The van der Waals surface area contributed by atoms with Gasteiger partial charge in [0, 0.05) is 22.7 Å². The second-order valence-corrected chi connectivity index (χ2v) is 5.42. The molecule has 0 saturated carbocycles. The number of benzene rings is 1. The maximum Gasteiger partial charge on any atom is 0.265 e. The van der Waals surface area contributed by atoms with Gasteiger partial charge in [0.25, 0.3) is 5.91 Å². The molecular formula is C14H19ClN2O. The van der Waals surface area contributed by atoms with E-state index in [1.54, 1.807) is 24.3 Å². The van der Waals surface area contributed by atoms with Gasteiger partial charge >= 0.3 is 0 Å². The highest BCUT2D eigenvalue weighted by molar-refractivity contribution is 6.30. The summed E-state index contributed by atoms with van der Waals surface area (Å²) in [6, 6.07) is 7.75. The molecular weight excluding hydrogens is 248 g/mol. The van der Waals surface area contributed by atoms with Crippen LogP contribution in [0.15, 0.2) is 24.3 Å². The lowest BCUT2D eigenvalue weighted by atomic mass is 10.00. The number of carbonyl (C=O) groups is 1. The molecule has 1 heterocycles. The molecule has 4 heteroatoms. The third-order valence-electron chi connectivity index (χ3n) is 3.53. The van der Waals surface area contributed by atoms with Gasteiger partial charge in [-0.15, -0.1) is 0 Å². The van der Waals surface area contributed by atoms with Crippen molar-refractivity contribution in [2.24, 2.45) is 0 Å². The quantitative estimate of drug-likeness (QED) is 0.891. The van der Waals surface area contributed by atoms with E-state index in [1.165, 1.54) is 6.42 Å². The van der Waals surface area contributed by atoms with Gasteiger partial charge in [0.05, 0.1) is 0 Å². The second-order valence-electron chi connectivity index (χ2n) is 4.98. The van der Waals surface area contributed by atoms with E-state index < -0.39 is 0 Å². The summed E-state index contributed by atoms with van der Waals surface area (Å²) in [5.41, 5.74) is 3.65. The topological polar surface area (TPSA) is 32.3 Å². The van der Waals surface area contributed by atoms with E-state index in [0.717, 1.165) is 12.8 Å². The number of amides is 1. The molecule has 98 valence electrons. The van der Waals surface area contributed by atoms with Gasteiger partial charge in [0.15, 0.2) is 0 Å². The van der Waals surface area contributed by atoms with E-state index in [9.17, 15) is 4.79 Å². The molecule has 0 bridgehead atoms. The highest BCUT2D eigenvalue weighted by Gasteiger charge is 2.26. The molecule has 3 nitrogen and oxygen atoms in total. The summed E-state index contributed by atoms with van der Waals surface area (Å²) in [6.45, 7) is 4.30. The molecule has 0 aliphatic carbocycles. The molecule has 0 unspecified atom stereocenters. The first-order valence-corrected chi connectivity index (χ1v) is 6.80. The first-order chi connectivity index (χ1) is 8.58. The van der Waals surface area contributed by atoms with Gasteiger partial charge in [-0.2, -0.15) is 0 Å². The van der Waals surface area contributed by atoms with Gasteiger partial charge in [0.2, 0.25) is 0 Å². The second kappa shape index (κ2) is 5.72. The summed E-state index contributed by atoms with van der Waals surface area (Å²) in [5, 5.41) is 2.71. The predicted octanol–water partition coefficient (Wildman–Crippen LogP) is 3.25. The largest absolute Gasteiger partial charge is 0.284 e. The third-order valence-corrected chi connectivity index (χ3v) is 3.78. The molecule has 2 atom stereocenters. The summed E-state index contributed by atoms with van der Waals surface area (Å²) < 4.78 is 0. The van der Waals surface area contributed by atoms with Crippen LogP contribution in [0.25, 0.3) is 0 Å². The lowest BCUT2D eigenvalue weighted by Gasteiger charge is -2.38. The van der Waals surface area contributed by atoms with E-state index in [2.05, 4.69) is 24.3 Å². The first-order valence-electron chi connectivity index (χ1n) is 6.43. The molecule has 1 aromatic rings. The maximum atomic E-state index is 12.1.